The first-order chi connectivity index (χ1) is 13.7. The molecule has 2 aromatic heterocycles. The number of aromatic carboxylic acids is 1. The normalized spacial score (nSPS) is 14.1. The number of nitrogens with zero attached hydrogens (tertiary/aromatic N) is 4. The van der Waals surface area contributed by atoms with Gasteiger partial charge in [-0.2, -0.15) is 5.10 Å². The van der Waals surface area contributed by atoms with Gasteiger partial charge in [0.25, 0.3) is 0 Å². The van der Waals surface area contributed by atoms with Crippen LogP contribution in [0.1, 0.15) is 35.5 Å². The fraction of sp³-hybridized carbons (Fsp3) is 0.300. The molecule has 1 aliphatic carbocycles. The van der Waals surface area contributed by atoms with Crippen LogP contribution in [0.4, 0.5) is 11.6 Å². The second kappa shape index (κ2) is 6.84. The molecular formula is C20H20BrN5O3. The first-order valence-electron chi connectivity index (χ1n) is 8.99. The first-order valence-corrected chi connectivity index (χ1v) is 9.78. The highest BCUT2D eigenvalue weighted by atomic mass is 79.9. The van der Waals surface area contributed by atoms with Gasteiger partial charge in [0, 0.05) is 28.8 Å². The van der Waals surface area contributed by atoms with Gasteiger partial charge >= 0.3 is 5.97 Å². The zero-order valence-electron chi connectivity index (χ0n) is 16.4. The summed E-state index contributed by atoms with van der Waals surface area (Å²) >= 11 is 3.43. The third-order valence-corrected chi connectivity index (χ3v) is 5.61. The Morgan fingerprint density at radius 1 is 1.38 bits per heavy atom. The summed E-state index contributed by atoms with van der Waals surface area (Å²) in [5.41, 5.74) is 3.54. The Morgan fingerprint density at radius 2 is 2.14 bits per heavy atom. The summed E-state index contributed by atoms with van der Waals surface area (Å²) in [6, 6.07) is 5.61. The summed E-state index contributed by atoms with van der Waals surface area (Å²) in [6.45, 7) is 4.11. The van der Waals surface area contributed by atoms with Crippen molar-refractivity contribution in [3.05, 3.63) is 45.7 Å². The van der Waals surface area contributed by atoms with Gasteiger partial charge in [0.2, 0.25) is 5.95 Å². The van der Waals surface area contributed by atoms with E-state index in [4.69, 9.17) is 9.72 Å². The Hall–Kier alpha value is -2.94. The number of ether oxygens (including phenoxy) is 1. The highest BCUT2D eigenvalue weighted by Crippen LogP contribution is 2.43. The number of benzene rings is 1. The van der Waals surface area contributed by atoms with Crippen LogP contribution >= 0.6 is 15.9 Å². The number of carboxylic acids is 1. The zero-order valence-corrected chi connectivity index (χ0v) is 18.0. The summed E-state index contributed by atoms with van der Waals surface area (Å²) in [4.78, 5) is 20.9. The molecule has 2 N–H and O–H groups in total. The molecular weight excluding hydrogens is 438 g/mol. The summed E-state index contributed by atoms with van der Waals surface area (Å²) in [6.07, 6.45) is 2.36. The van der Waals surface area contributed by atoms with E-state index in [9.17, 15) is 9.90 Å². The second-order valence-corrected chi connectivity index (χ2v) is 8.51. The first kappa shape index (κ1) is 19.4. The minimum absolute atomic E-state index is 0.0731. The van der Waals surface area contributed by atoms with Crippen LogP contribution in [-0.2, 0) is 18.9 Å². The third-order valence-electron chi connectivity index (χ3n) is 5.12. The van der Waals surface area contributed by atoms with Crippen LogP contribution in [0.15, 0.2) is 28.9 Å². The smallest absolute Gasteiger partial charge is 0.356 e. The van der Waals surface area contributed by atoms with Crippen molar-refractivity contribution in [1.82, 2.24) is 19.7 Å². The van der Waals surface area contributed by atoms with Crippen LogP contribution in [-0.4, -0.2) is 37.9 Å². The summed E-state index contributed by atoms with van der Waals surface area (Å²) < 4.78 is 7.91. The number of fused-ring (bicyclic) bond motifs is 3. The molecule has 1 aliphatic rings. The minimum atomic E-state index is -1.03. The van der Waals surface area contributed by atoms with Gasteiger partial charge in [-0.05, 0) is 30.0 Å². The van der Waals surface area contributed by atoms with Crippen LogP contribution < -0.4 is 10.1 Å². The van der Waals surface area contributed by atoms with Crippen molar-refractivity contribution in [2.24, 2.45) is 7.05 Å². The fourth-order valence-electron chi connectivity index (χ4n) is 3.75. The maximum atomic E-state index is 11.7. The molecule has 0 atom stereocenters. The fourth-order valence-corrected chi connectivity index (χ4v) is 4.09. The van der Waals surface area contributed by atoms with Gasteiger partial charge in [-0.1, -0.05) is 29.8 Å². The van der Waals surface area contributed by atoms with E-state index in [2.05, 4.69) is 45.2 Å². The third kappa shape index (κ3) is 3.25. The molecule has 1 aromatic carbocycles. The molecule has 3 aromatic rings. The van der Waals surface area contributed by atoms with Gasteiger partial charge in [0.15, 0.2) is 5.69 Å². The lowest BCUT2D eigenvalue weighted by Crippen LogP contribution is -2.28. The number of carboxylic acid groups (broad SMARTS) is 1. The second-order valence-electron chi connectivity index (χ2n) is 7.59. The molecule has 0 fully saturated rings. The SMILES string of the molecule is COc1cc(Br)ccc1Nc1ncc2c(n1)-c1c(c(C(=O)O)nn1C)CC2(C)C. The molecule has 9 heteroatoms. The maximum Gasteiger partial charge on any atom is 0.356 e. The van der Waals surface area contributed by atoms with Crippen molar-refractivity contribution < 1.29 is 14.6 Å². The topological polar surface area (TPSA) is 102 Å². The molecule has 0 radical (unpaired) electrons. The number of aryl methyl sites for hydroxylation is 1. The molecule has 0 bridgehead atoms. The van der Waals surface area contributed by atoms with Gasteiger partial charge in [0.05, 0.1) is 24.2 Å². The average molecular weight is 458 g/mol. The average Bonchev–Trinajstić information content (AvgIpc) is 2.98. The lowest BCUT2D eigenvalue weighted by Gasteiger charge is -2.31. The van der Waals surface area contributed by atoms with E-state index in [1.54, 1.807) is 25.0 Å². The summed E-state index contributed by atoms with van der Waals surface area (Å²) in [7, 11) is 3.33. The van der Waals surface area contributed by atoms with Crippen molar-refractivity contribution in [2.45, 2.75) is 25.7 Å². The van der Waals surface area contributed by atoms with Gasteiger partial charge < -0.3 is 15.2 Å². The molecule has 0 unspecified atom stereocenters. The molecule has 2 heterocycles. The van der Waals surface area contributed by atoms with E-state index in [1.165, 1.54) is 0 Å². The highest BCUT2D eigenvalue weighted by Gasteiger charge is 2.38. The van der Waals surface area contributed by atoms with Crippen molar-refractivity contribution in [2.75, 3.05) is 12.4 Å². The number of hydrogen-bond donors (Lipinski definition) is 2. The number of nitrogens with one attached hydrogen (secondary N) is 1. The minimum Gasteiger partial charge on any atom is -0.495 e. The number of carbonyl (C=O) groups is 1. The lowest BCUT2D eigenvalue weighted by atomic mass is 9.73. The van der Waals surface area contributed by atoms with E-state index < -0.39 is 5.97 Å². The van der Waals surface area contributed by atoms with E-state index in [1.807, 2.05) is 18.2 Å². The predicted octanol–water partition coefficient (Wildman–Crippen LogP) is 3.92. The Balaban J connectivity index is 1.84. The monoisotopic (exact) mass is 457 g/mol. The van der Waals surface area contributed by atoms with Crippen LogP contribution in [0.25, 0.3) is 11.4 Å². The van der Waals surface area contributed by atoms with Gasteiger partial charge in [-0.15, -0.1) is 0 Å². The van der Waals surface area contributed by atoms with Gasteiger partial charge in [-0.25, -0.2) is 14.8 Å². The predicted molar refractivity (Wildman–Crippen MR) is 112 cm³/mol. The molecule has 4 rings (SSSR count). The van der Waals surface area contributed by atoms with Gasteiger partial charge in [0.1, 0.15) is 5.75 Å². The number of methoxy groups -OCH3 is 1. The molecule has 0 saturated carbocycles. The number of rotatable bonds is 4. The summed E-state index contributed by atoms with van der Waals surface area (Å²) in [5.74, 6) is 0.00890. The Kier molecular flexibility index (Phi) is 4.57. The Morgan fingerprint density at radius 3 is 2.83 bits per heavy atom. The van der Waals surface area contributed by atoms with Crippen molar-refractivity contribution in [1.29, 1.82) is 0 Å². The van der Waals surface area contributed by atoms with Crippen molar-refractivity contribution >= 4 is 33.5 Å². The van der Waals surface area contributed by atoms with E-state index >= 15 is 0 Å². The molecule has 8 nitrogen and oxygen atoms in total. The molecule has 0 amide bonds. The number of halogens is 1. The van der Waals surface area contributed by atoms with Crippen molar-refractivity contribution in [3.63, 3.8) is 0 Å². The standard InChI is InChI=1S/C20H20BrN5O3/c1-20(2)8-11-15(18(27)28)25-26(3)17(11)16-12(20)9-22-19(24-16)23-13-6-5-10(21)7-14(13)29-4/h5-7,9H,8H2,1-4H3,(H,27,28)(H,22,23,24). The molecule has 0 aliphatic heterocycles. The Labute approximate surface area is 176 Å². The zero-order chi connectivity index (χ0) is 20.9. The number of aromatic nitrogens is 4. The highest BCUT2D eigenvalue weighted by molar-refractivity contribution is 9.10. The molecule has 29 heavy (non-hydrogen) atoms. The lowest BCUT2D eigenvalue weighted by molar-refractivity contribution is 0.0688. The Bertz CT molecular complexity index is 1140. The largest absolute Gasteiger partial charge is 0.495 e. The van der Waals surface area contributed by atoms with Gasteiger partial charge in [-0.3, -0.25) is 4.68 Å². The van der Waals surface area contributed by atoms with E-state index in [0.29, 0.717) is 35.1 Å². The van der Waals surface area contributed by atoms with Crippen LogP contribution in [0, 0.1) is 0 Å². The number of anilines is 2. The van der Waals surface area contributed by atoms with E-state index in [-0.39, 0.29) is 11.1 Å². The van der Waals surface area contributed by atoms with Crippen molar-refractivity contribution in [3.8, 4) is 17.1 Å². The van der Waals surface area contributed by atoms with Crippen LogP contribution in [0.3, 0.4) is 0 Å². The van der Waals surface area contributed by atoms with E-state index in [0.717, 1.165) is 15.7 Å². The van der Waals surface area contributed by atoms with Crippen LogP contribution in [0.2, 0.25) is 0 Å². The maximum absolute atomic E-state index is 11.7. The number of hydrogen-bond acceptors (Lipinski definition) is 6. The molecule has 0 spiro atoms. The molecule has 0 saturated heterocycles. The molecule has 150 valence electrons. The summed E-state index contributed by atoms with van der Waals surface area (Å²) in [5, 5.41) is 17.0. The van der Waals surface area contributed by atoms with Crippen LogP contribution in [0.5, 0.6) is 5.75 Å². The quantitative estimate of drug-likeness (QED) is 0.611.